The average molecular weight is 436 g/mol. The highest BCUT2D eigenvalue weighted by Crippen LogP contribution is 2.29. The number of nitrogens with one attached hydrogen (secondary N) is 1. The lowest BCUT2D eigenvalue weighted by atomic mass is 10.0. The largest absolute Gasteiger partial charge is 0.337 e. The van der Waals surface area contributed by atoms with Crippen molar-refractivity contribution in [2.75, 3.05) is 13.1 Å². The van der Waals surface area contributed by atoms with Gasteiger partial charge in [-0.15, -0.1) is 36.2 Å². The second kappa shape index (κ2) is 8.78. The fourth-order valence-electron chi connectivity index (χ4n) is 4.20. The molecule has 2 aliphatic rings. The summed E-state index contributed by atoms with van der Waals surface area (Å²) in [7, 11) is 0. The number of hydrogen-bond donors (Lipinski definition) is 1. The minimum absolute atomic E-state index is 0. The molecule has 148 valence electrons. The molecule has 1 aromatic carbocycles. The first-order valence-electron chi connectivity index (χ1n) is 9.27. The number of benzene rings is 1. The van der Waals surface area contributed by atoms with Crippen LogP contribution in [-0.2, 0) is 0 Å². The third-order valence-corrected chi connectivity index (χ3v) is 6.42. The standard InChI is InChI=1S/C21H21N3OS.2ClH/c25-21(24-10-9-14-7-8-15(13-24)22-14)17-12-19(20-6-3-11-26-20)23-18-5-2-1-4-16(17)18;;/h1-6,11-12,14-15,22H,7-10,13H2;2*1H. The number of aromatic nitrogens is 1. The van der Waals surface area contributed by atoms with E-state index in [1.807, 2.05) is 46.7 Å². The van der Waals surface area contributed by atoms with E-state index < -0.39 is 0 Å². The second-order valence-corrected chi connectivity index (χ2v) is 8.17. The Morgan fingerprint density at radius 1 is 1.07 bits per heavy atom. The summed E-state index contributed by atoms with van der Waals surface area (Å²) in [6, 6.07) is 15.1. The number of fused-ring (bicyclic) bond motifs is 3. The van der Waals surface area contributed by atoms with Gasteiger partial charge in [0.15, 0.2) is 0 Å². The van der Waals surface area contributed by atoms with E-state index in [0.717, 1.165) is 46.5 Å². The molecular weight excluding hydrogens is 413 g/mol. The molecule has 0 saturated carbocycles. The van der Waals surface area contributed by atoms with Crippen LogP contribution in [0.2, 0.25) is 0 Å². The monoisotopic (exact) mass is 435 g/mol. The SMILES string of the molecule is Cl.Cl.O=C(c1cc(-c2cccs2)nc2ccccc12)N1CCC2CCC(C1)N2. The van der Waals surface area contributed by atoms with Crippen LogP contribution in [0.3, 0.4) is 0 Å². The number of carbonyl (C=O) groups excluding carboxylic acids is 1. The van der Waals surface area contributed by atoms with Gasteiger partial charge >= 0.3 is 0 Å². The number of nitrogens with zero attached hydrogens (tertiary/aromatic N) is 2. The number of hydrogen-bond acceptors (Lipinski definition) is 4. The maximum atomic E-state index is 13.4. The number of carbonyl (C=O) groups is 1. The molecule has 7 heteroatoms. The van der Waals surface area contributed by atoms with Gasteiger partial charge in [0.25, 0.3) is 5.91 Å². The van der Waals surface area contributed by atoms with Crippen LogP contribution in [0.5, 0.6) is 0 Å². The van der Waals surface area contributed by atoms with Crippen LogP contribution < -0.4 is 5.32 Å². The number of pyridine rings is 1. The van der Waals surface area contributed by atoms with E-state index in [4.69, 9.17) is 4.98 Å². The van der Waals surface area contributed by atoms with E-state index in [2.05, 4.69) is 11.4 Å². The first kappa shape index (κ1) is 21.1. The van der Waals surface area contributed by atoms with Gasteiger partial charge in [-0.2, -0.15) is 0 Å². The minimum atomic E-state index is 0. The zero-order valence-electron chi connectivity index (χ0n) is 15.3. The predicted octanol–water partition coefficient (Wildman–Crippen LogP) is 4.77. The van der Waals surface area contributed by atoms with Gasteiger partial charge in [-0.3, -0.25) is 4.79 Å². The van der Waals surface area contributed by atoms with E-state index in [1.165, 1.54) is 12.8 Å². The van der Waals surface area contributed by atoms with Crippen LogP contribution in [0, 0.1) is 0 Å². The lowest BCUT2D eigenvalue weighted by molar-refractivity contribution is 0.0750. The molecule has 1 amide bonds. The van der Waals surface area contributed by atoms with Crippen molar-refractivity contribution >= 4 is 53.0 Å². The van der Waals surface area contributed by atoms with Crippen LogP contribution in [0.4, 0.5) is 0 Å². The Bertz CT molecular complexity index is 963. The van der Waals surface area contributed by atoms with Crippen LogP contribution in [-0.4, -0.2) is 41.0 Å². The topological polar surface area (TPSA) is 45.2 Å². The molecule has 2 aromatic heterocycles. The summed E-state index contributed by atoms with van der Waals surface area (Å²) in [5.41, 5.74) is 2.55. The zero-order valence-corrected chi connectivity index (χ0v) is 17.8. The molecule has 2 atom stereocenters. The molecule has 0 spiro atoms. The summed E-state index contributed by atoms with van der Waals surface area (Å²) in [6.45, 7) is 1.64. The second-order valence-electron chi connectivity index (χ2n) is 7.23. The van der Waals surface area contributed by atoms with Gasteiger partial charge in [-0.05, 0) is 42.8 Å². The van der Waals surface area contributed by atoms with Crippen molar-refractivity contribution in [2.24, 2.45) is 0 Å². The molecule has 2 bridgehead atoms. The van der Waals surface area contributed by atoms with Crippen LogP contribution in [0.25, 0.3) is 21.5 Å². The van der Waals surface area contributed by atoms with Crippen molar-refractivity contribution in [1.29, 1.82) is 0 Å². The maximum Gasteiger partial charge on any atom is 0.254 e. The van der Waals surface area contributed by atoms with E-state index in [9.17, 15) is 4.79 Å². The molecule has 2 unspecified atom stereocenters. The summed E-state index contributed by atoms with van der Waals surface area (Å²) in [6.07, 6.45) is 3.46. The number of likely N-dealkylation sites (tertiary alicyclic amines) is 1. The predicted molar refractivity (Wildman–Crippen MR) is 120 cm³/mol. The summed E-state index contributed by atoms with van der Waals surface area (Å²) in [5.74, 6) is 0.135. The highest BCUT2D eigenvalue weighted by atomic mass is 35.5. The van der Waals surface area contributed by atoms with E-state index >= 15 is 0 Å². The first-order valence-corrected chi connectivity index (χ1v) is 10.1. The van der Waals surface area contributed by atoms with E-state index in [1.54, 1.807) is 11.3 Å². The Hall–Kier alpha value is -1.66. The summed E-state index contributed by atoms with van der Waals surface area (Å²) in [4.78, 5) is 21.4. The summed E-state index contributed by atoms with van der Waals surface area (Å²) >= 11 is 1.66. The highest BCUT2D eigenvalue weighted by Gasteiger charge is 2.32. The van der Waals surface area contributed by atoms with Crippen molar-refractivity contribution in [3.8, 4) is 10.6 Å². The van der Waals surface area contributed by atoms with Gasteiger partial charge in [-0.25, -0.2) is 4.98 Å². The van der Waals surface area contributed by atoms with Crippen molar-refractivity contribution in [2.45, 2.75) is 31.3 Å². The lowest BCUT2D eigenvalue weighted by Crippen LogP contribution is -2.39. The molecule has 0 radical (unpaired) electrons. The fraction of sp³-hybridized carbons (Fsp3) is 0.333. The normalized spacial score (nSPS) is 20.9. The molecule has 2 saturated heterocycles. The van der Waals surface area contributed by atoms with E-state index in [0.29, 0.717) is 12.1 Å². The Kier molecular flexibility index (Phi) is 6.61. The molecular formula is C21H23Cl2N3OS. The molecule has 4 nitrogen and oxygen atoms in total. The fourth-order valence-corrected chi connectivity index (χ4v) is 4.89. The molecule has 5 rings (SSSR count). The maximum absolute atomic E-state index is 13.4. The van der Waals surface area contributed by atoms with Gasteiger partial charge < -0.3 is 10.2 Å². The Morgan fingerprint density at radius 2 is 1.89 bits per heavy atom. The van der Waals surface area contributed by atoms with Gasteiger partial charge in [0, 0.05) is 30.6 Å². The highest BCUT2D eigenvalue weighted by molar-refractivity contribution is 7.13. The van der Waals surface area contributed by atoms with Gasteiger partial charge in [0.1, 0.15) is 0 Å². The Morgan fingerprint density at radius 3 is 2.71 bits per heavy atom. The van der Waals surface area contributed by atoms with Crippen LogP contribution >= 0.6 is 36.2 Å². The molecule has 4 heterocycles. The Labute approximate surface area is 181 Å². The molecule has 2 fully saturated rings. The van der Waals surface area contributed by atoms with Crippen molar-refractivity contribution < 1.29 is 4.79 Å². The molecule has 2 aliphatic heterocycles. The van der Waals surface area contributed by atoms with Crippen molar-refractivity contribution in [3.63, 3.8) is 0 Å². The summed E-state index contributed by atoms with van der Waals surface area (Å²) in [5, 5.41) is 6.65. The number of thiophene rings is 1. The molecule has 3 aromatic rings. The first-order chi connectivity index (χ1) is 12.8. The van der Waals surface area contributed by atoms with E-state index in [-0.39, 0.29) is 30.7 Å². The quantitative estimate of drug-likeness (QED) is 0.629. The number of para-hydroxylation sites is 1. The van der Waals surface area contributed by atoms with Gasteiger partial charge in [0.2, 0.25) is 0 Å². The smallest absolute Gasteiger partial charge is 0.254 e. The third kappa shape index (κ3) is 3.90. The molecule has 1 N–H and O–H groups in total. The average Bonchev–Trinajstić information content (AvgIpc) is 3.30. The Balaban J connectivity index is 0.00000112. The van der Waals surface area contributed by atoms with Crippen LogP contribution in [0.15, 0.2) is 47.8 Å². The van der Waals surface area contributed by atoms with Crippen molar-refractivity contribution in [1.82, 2.24) is 15.2 Å². The molecule has 0 aliphatic carbocycles. The van der Waals surface area contributed by atoms with Gasteiger partial charge in [0.05, 0.1) is 21.7 Å². The number of halogens is 2. The minimum Gasteiger partial charge on any atom is -0.337 e. The zero-order chi connectivity index (χ0) is 17.5. The lowest BCUT2D eigenvalue weighted by Gasteiger charge is -2.25. The van der Waals surface area contributed by atoms with Crippen LogP contribution in [0.1, 0.15) is 29.6 Å². The van der Waals surface area contributed by atoms with Gasteiger partial charge in [-0.1, -0.05) is 24.3 Å². The summed E-state index contributed by atoms with van der Waals surface area (Å²) < 4.78 is 0. The molecule has 28 heavy (non-hydrogen) atoms. The number of amides is 1. The number of rotatable bonds is 2. The van der Waals surface area contributed by atoms with Crippen molar-refractivity contribution in [3.05, 3.63) is 53.4 Å². The third-order valence-electron chi connectivity index (χ3n) is 5.53.